The van der Waals surface area contributed by atoms with Gasteiger partial charge < -0.3 is 17.8 Å². The molecular formula is C21H34O5S2Si. The molecule has 1 aliphatic rings. The number of rotatable bonds is 10. The smallest absolute Gasteiger partial charge is 0.370 e. The lowest BCUT2D eigenvalue weighted by Crippen LogP contribution is -2.56. The van der Waals surface area contributed by atoms with E-state index in [1.807, 2.05) is 65.8 Å². The number of hydrogen-bond acceptors (Lipinski definition) is 5. The number of benzene rings is 1. The van der Waals surface area contributed by atoms with Crippen molar-refractivity contribution in [2.75, 3.05) is 19.8 Å². The Kier molecular flexibility index (Phi) is 8.23. The maximum Gasteiger partial charge on any atom is 0.533 e. The molecule has 0 saturated heterocycles. The summed E-state index contributed by atoms with van der Waals surface area (Å²) in [5.41, 5.74) is 2.77. The lowest BCUT2D eigenvalue weighted by molar-refractivity contribution is 0.0766. The van der Waals surface area contributed by atoms with E-state index < -0.39 is 22.3 Å². The summed E-state index contributed by atoms with van der Waals surface area (Å²) in [6.07, 6.45) is 1.22. The quantitative estimate of drug-likeness (QED) is 0.503. The van der Waals surface area contributed by atoms with Crippen LogP contribution < -0.4 is 0 Å². The molecule has 29 heavy (non-hydrogen) atoms. The third kappa shape index (κ3) is 4.13. The molecule has 0 aliphatic heterocycles. The van der Waals surface area contributed by atoms with Crippen molar-refractivity contribution >= 4 is 34.3 Å². The molecule has 1 aromatic carbocycles. The molecule has 0 fully saturated rings. The SMILES string of the molecule is CCCC1(S(=O)(O)=S)c2ccccc2C(C)=C([Si](OCC)(OCC)OCC)C1C. The Balaban J connectivity index is 2.95. The summed E-state index contributed by atoms with van der Waals surface area (Å²) in [6, 6.07) is 7.78. The van der Waals surface area contributed by atoms with Crippen molar-refractivity contribution in [2.45, 2.75) is 59.1 Å². The van der Waals surface area contributed by atoms with Crippen LogP contribution in [0.2, 0.25) is 0 Å². The summed E-state index contributed by atoms with van der Waals surface area (Å²) in [7, 11) is -6.91. The molecule has 2 rings (SSSR count). The molecule has 1 N–H and O–H groups in total. The molecule has 1 aliphatic carbocycles. The minimum atomic E-state index is -3.62. The third-order valence-corrected chi connectivity index (χ3v) is 11.8. The van der Waals surface area contributed by atoms with Crippen LogP contribution in [0.3, 0.4) is 0 Å². The second-order valence-corrected chi connectivity index (χ2v) is 12.8. The molecule has 0 aromatic heterocycles. The molecule has 1 aromatic rings. The van der Waals surface area contributed by atoms with Gasteiger partial charge in [0.2, 0.25) is 0 Å². The Morgan fingerprint density at radius 2 is 1.62 bits per heavy atom. The fourth-order valence-electron chi connectivity index (χ4n) is 4.75. The third-order valence-electron chi connectivity index (χ3n) is 5.74. The summed E-state index contributed by atoms with van der Waals surface area (Å²) in [5, 5.41) is 0.877. The van der Waals surface area contributed by atoms with Crippen LogP contribution in [0.5, 0.6) is 0 Å². The maximum atomic E-state index is 13.3. The van der Waals surface area contributed by atoms with Crippen molar-refractivity contribution in [1.29, 1.82) is 0 Å². The van der Waals surface area contributed by atoms with Gasteiger partial charge in [0.05, 0.1) is 0 Å². The molecule has 0 radical (unpaired) electrons. The molecule has 3 unspecified atom stereocenters. The molecule has 0 saturated carbocycles. The fourth-order valence-corrected chi connectivity index (χ4v) is 10.5. The molecule has 164 valence electrons. The van der Waals surface area contributed by atoms with E-state index in [2.05, 4.69) is 0 Å². The highest BCUT2D eigenvalue weighted by molar-refractivity contribution is 8.30. The van der Waals surface area contributed by atoms with Gasteiger partial charge in [-0.3, -0.25) is 0 Å². The second kappa shape index (κ2) is 9.68. The first-order valence-corrected chi connectivity index (χ1v) is 14.5. The first-order valence-electron chi connectivity index (χ1n) is 10.4. The van der Waals surface area contributed by atoms with E-state index in [0.717, 1.165) is 28.3 Å². The van der Waals surface area contributed by atoms with Crippen molar-refractivity contribution in [3.05, 3.63) is 40.6 Å². The Morgan fingerprint density at radius 3 is 2.07 bits per heavy atom. The van der Waals surface area contributed by atoms with E-state index in [1.54, 1.807) is 0 Å². The van der Waals surface area contributed by atoms with Crippen LogP contribution >= 0.6 is 0 Å². The van der Waals surface area contributed by atoms with E-state index in [9.17, 15) is 8.76 Å². The van der Waals surface area contributed by atoms with Gasteiger partial charge in [-0.05, 0) is 50.8 Å². The van der Waals surface area contributed by atoms with Crippen LogP contribution in [0, 0.1) is 5.92 Å². The second-order valence-electron chi connectivity index (χ2n) is 7.28. The minimum Gasteiger partial charge on any atom is -0.370 e. The van der Waals surface area contributed by atoms with Gasteiger partial charge in [-0.2, -0.15) is 0 Å². The number of fused-ring (bicyclic) bond motifs is 1. The highest BCUT2D eigenvalue weighted by atomic mass is 32.8. The van der Waals surface area contributed by atoms with Crippen LogP contribution in [0.15, 0.2) is 29.5 Å². The van der Waals surface area contributed by atoms with Crippen LogP contribution in [-0.2, 0) is 38.0 Å². The zero-order valence-electron chi connectivity index (χ0n) is 18.3. The molecule has 0 bridgehead atoms. The lowest BCUT2D eigenvalue weighted by Gasteiger charge is -2.47. The summed E-state index contributed by atoms with van der Waals surface area (Å²) >= 11 is 5.30. The standard InChI is InChI=1S/C21H34O5S2Si/c1-7-15-21(28(22,23)27)17(6)20(16(5)18-13-11-12-14-19(18)21)29(24-8-2,25-9-3)26-10-4/h11-14,17H,7-10,15H2,1-6H3,(H,22,23,27). The van der Waals surface area contributed by atoms with Gasteiger partial charge in [-0.1, -0.05) is 44.5 Å². The Hall–Kier alpha value is -0.613. The molecule has 0 spiro atoms. The van der Waals surface area contributed by atoms with Crippen molar-refractivity contribution in [3.8, 4) is 0 Å². The average Bonchev–Trinajstić information content (AvgIpc) is 2.65. The Labute approximate surface area is 181 Å². The van der Waals surface area contributed by atoms with E-state index in [1.165, 1.54) is 0 Å². The van der Waals surface area contributed by atoms with E-state index >= 15 is 0 Å². The molecular weight excluding hydrogens is 424 g/mol. The summed E-state index contributed by atoms with van der Waals surface area (Å²) in [6.45, 7) is 13.1. The van der Waals surface area contributed by atoms with Gasteiger partial charge in [0, 0.05) is 42.1 Å². The lowest BCUT2D eigenvalue weighted by atomic mass is 9.74. The molecule has 0 heterocycles. The molecule has 5 nitrogen and oxygen atoms in total. The number of hydrogen-bond donors (Lipinski definition) is 1. The van der Waals surface area contributed by atoms with Crippen molar-refractivity contribution in [3.63, 3.8) is 0 Å². The summed E-state index contributed by atoms with van der Waals surface area (Å²) in [4.78, 5) is 0. The van der Waals surface area contributed by atoms with Crippen LogP contribution in [0.1, 0.15) is 65.5 Å². The highest BCUT2D eigenvalue weighted by Crippen LogP contribution is 2.54. The first kappa shape index (κ1) is 24.7. The normalized spacial score (nSPS) is 24.3. The summed E-state index contributed by atoms with van der Waals surface area (Å²) < 4.78 is 41.8. The number of allylic oxidation sites excluding steroid dienone is 2. The van der Waals surface area contributed by atoms with Crippen LogP contribution in [0.4, 0.5) is 0 Å². The van der Waals surface area contributed by atoms with Gasteiger partial charge in [0.25, 0.3) is 0 Å². The molecule has 3 atom stereocenters. The van der Waals surface area contributed by atoms with Crippen molar-refractivity contribution < 1.29 is 22.0 Å². The predicted octanol–water partition coefficient (Wildman–Crippen LogP) is 4.91. The minimum absolute atomic E-state index is 0.358. The van der Waals surface area contributed by atoms with E-state index in [-0.39, 0.29) is 5.92 Å². The summed E-state index contributed by atoms with van der Waals surface area (Å²) in [5.74, 6) is -0.358. The fraction of sp³-hybridized carbons (Fsp3) is 0.619. The average molecular weight is 459 g/mol. The predicted molar refractivity (Wildman–Crippen MR) is 124 cm³/mol. The Morgan fingerprint density at radius 1 is 1.10 bits per heavy atom. The van der Waals surface area contributed by atoms with Gasteiger partial charge in [-0.25, -0.2) is 4.21 Å². The van der Waals surface area contributed by atoms with Gasteiger partial charge in [0.15, 0.2) is 8.77 Å². The van der Waals surface area contributed by atoms with Crippen molar-refractivity contribution in [1.82, 2.24) is 0 Å². The first-order chi connectivity index (χ1) is 13.7. The van der Waals surface area contributed by atoms with Gasteiger partial charge in [-0.15, -0.1) is 0 Å². The van der Waals surface area contributed by atoms with Crippen LogP contribution in [0.25, 0.3) is 5.57 Å². The topological polar surface area (TPSA) is 65.0 Å². The maximum absolute atomic E-state index is 13.3. The Bertz CT molecular complexity index is 835. The zero-order chi connectivity index (χ0) is 21.9. The van der Waals surface area contributed by atoms with Gasteiger partial charge >= 0.3 is 8.80 Å². The largest absolute Gasteiger partial charge is 0.533 e. The van der Waals surface area contributed by atoms with Crippen molar-refractivity contribution in [2.24, 2.45) is 5.92 Å². The monoisotopic (exact) mass is 458 g/mol. The van der Waals surface area contributed by atoms with Gasteiger partial charge in [0.1, 0.15) is 4.75 Å². The molecule has 0 amide bonds. The van der Waals surface area contributed by atoms with E-state index in [4.69, 9.17) is 24.5 Å². The van der Waals surface area contributed by atoms with E-state index in [0.29, 0.717) is 26.2 Å². The zero-order valence-corrected chi connectivity index (χ0v) is 21.0. The van der Waals surface area contributed by atoms with Crippen LogP contribution in [-0.4, -0.2) is 37.4 Å². The molecule has 8 heteroatoms. The highest BCUT2D eigenvalue weighted by Gasteiger charge is 2.59.